The van der Waals surface area contributed by atoms with Crippen LogP contribution in [0.15, 0.2) is 0 Å². The summed E-state index contributed by atoms with van der Waals surface area (Å²) in [6.45, 7) is 6.93. The summed E-state index contributed by atoms with van der Waals surface area (Å²) in [5.74, 6) is -0.630. The minimum Gasteiger partial charge on any atom is -0.462 e. The van der Waals surface area contributed by atoms with Crippen LogP contribution in [-0.2, 0) is 19.1 Å². The van der Waals surface area contributed by atoms with Gasteiger partial charge in [-0.2, -0.15) is 0 Å². The second-order valence-corrected chi connectivity index (χ2v) is 4.76. The highest BCUT2D eigenvalue weighted by Crippen LogP contribution is 2.13. The monoisotopic (exact) mass is 256 g/mol. The van der Waals surface area contributed by atoms with Gasteiger partial charge in [-0.05, 0) is 20.3 Å². The molecule has 0 aliphatic carbocycles. The number of Topliss-reactive ketones (excluding diaryl/α,β-unsaturated/α-hetero) is 2. The summed E-state index contributed by atoms with van der Waals surface area (Å²) in [5, 5.41) is 0. The number of esters is 1. The minimum atomic E-state index is -0.422. The van der Waals surface area contributed by atoms with Crippen LogP contribution in [-0.4, -0.2) is 23.6 Å². The molecular weight excluding hydrogens is 232 g/mol. The van der Waals surface area contributed by atoms with Gasteiger partial charge in [0.1, 0.15) is 17.7 Å². The Morgan fingerprint density at radius 1 is 1.06 bits per heavy atom. The third-order valence-electron chi connectivity index (χ3n) is 2.99. The van der Waals surface area contributed by atoms with Gasteiger partial charge in [-0.25, -0.2) is 0 Å². The van der Waals surface area contributed by atoms with E-state index in [-0.39, 0.29) is 36.3 Å². The summed E-state index contributed by atoms with van der Waals surface area (Å²) >= 11 is 0. The minimum absolute atomic E-state index is 0.00291. The SMILES string of the molecule is CCCCC(=O)OC(C)C(C)C(=O)CCC(C)=O. The van der Waals surface area contributed by atoms with Gasteiger partial charge in [0.15, 0.2) is 0 Å². The summed E-state index contributed by atoms with van der Waals surface area (Å²) in [4.78, 5) is 34.0. The van der Waals surface area contributed by atoms with Gasteiger partial charge in [-0.15, -0.1) is 0 Å². The van der Waals surface area contributed by atoms with E-state index in [1.165, 1.54) is 6.92 Å². The maximum atomic E-state index is 11.7. The molecule has 0 aliphatic rings. The molecule has 0 rings (SSSR count). The van der Waals surface area contributed by atoms with Gasteiger partial charge >= 0.3 is 5.97 Å². The molecule has 0 aromatic rings. The third kappa shape index (κ3) is 7.20. The van der Waals surface area contributed by atoms with Crippen LogP contribution < -0.4 is 0 Å². The van der Waals surface area contributed by atoms with Gasteiger partial charge in [-0.1, -0.05) is 20.3 Å². The molecule has 4 nitrogen and oxygen atoms in total. The first-order valence-electron chi connectivity index (χ1n) is 6.60. The fourth-order valence-electron chi connectivity index (χ4n) is 1.48. The Morgan fingerprint density at radius 3 is 2.17 bits per heavy atom. The highest BCUT2D eigenvalue weighted by atomic mass is 16.5. The Labute approximate surface area is 109 Å². The van der Waals surface area contributed by atoms with Crippen molar-refractivity contribution >= 4 is 17.5 Å². The number of carbonyl (C=O) groups is 3. The Kier molecular flexibility index (Phi) is 8.25. The summed E-state index contributed by atoms with van der Waals surface area (Å²) < 4.78 is 5.20. The molecule has 0 N–H and O–H groups in total. The van der Waals surface area contributed by atoms with E-state index in [2.05, 4.69) is 0 Å². The van der Waals surface area contributed by atoms with Crippen molar-refractivity contribution in [3.63, 3.8) is 0 Å². The second-order valence-electron chi connectivity index (χ2n) is 4.76. The van der Waals surface area contributed by atoms with Crippen LogP contribution in [0.5, 0.6) is 0 Å². The zero-order chi connectivity index (χ0) is 14.1. The van der Waals surface area contributed by atoms with Crippen LogP contribution in [0.4, 0.5) is 0 Å². The predicted molar refractivity (Wildman–Crippen MR) is 69.2 cm³/mol. The molecule has 0 amide bonds. The van der Waals surface area contributed by atoms with Gasteiger partial charge < -0.3 is 9.53 Å². The Hall–Kier alpha value is -1.19. The molecule has 0 saturated heterocycles. The lowest BCUT2D eigenvalue weighted by Crippen LogP contribution is -2.28. The van der Waals surface area contributed by atoms with E-state index >= 15 is 0 Å². The Bertz CT molecular complexity index is 296. The van der Waals surface area contributed by atoms with Crippen molar-refractivity contribution in [1.82, 2.24) is 0 Å². The van der Waals surface area contributed by atoms with Crippen molar-refractivity contribution in [2.24, 2.45) is 5.92 Å². The third-order valence-corrected chi connectivity index (χ3v) is 2.99. The van der Waals surface area contributed by atoms with Gasteiger partial charge in [-0.3, -0.25) is 9.59 Å². The van der Waals surface area contributed by atoms with Gasteiger partial charge in [0.25, 0.3) is 0 Å². The molecule has 0 aromatic carbocycles. The highest BCUT2D eigenvalue weighted by molar-refractivity contribution is 5.86. The van der Waals surface area contributed by atoms with Crippen molar-refractivity contribution in [3.8, 4) is 0 Å². The van der Waals surface area contributed by atoms with Crippen molar-refractivity contribution in [1.29, 1.82) is 0 Å². The first kappa shape index (κ1) is 16.8. The molecule has 18 heavy (non-hydrogen) atoms. The lowest BCUT2D eigenvalue weighted by atomic mass is 9.96. The first-order chi connectivity index (χ1) is 8.38. The van der Waals surface area contributed by atoms with Crippen molar-refractivity contribution in [2.75, 3.05) is 0 Å². The summed E-state index contributed by atoms with van der Waals surface area (Å²) in [5.41, 5.74) is 0. The largest absolute Gasteiger partial charge is 0.462 e. The molecule has 104 valence electrons. The summed E-state index contributed by atoms with van der Waals surface area (Å²) in [6.07, 6.45) is 2.21. The van der Waals surface area contributed by atoms with Crippen LogP contribution in [0, 0.1) is 5.92 Å². The lowest BCUT2D eigenvalue weighted by molar-refractivity contribution is -0.152. The van der Waals surface area contributed by atoms with Gasteiger partial charge in [0.05, 0.1) is 5.92 Å². The molecule has 0 aliphatic heterocycles. The zero-order valence-electron chi connectivity index (χ0n) is 11.8. The average molecular weight is 256 g/mol. The zero-order valence-corrected chi connectivity index (χ0v) is 11.8. The smallest absolute Gasteiger partial charge is 0.306 e. The van der Waals surface area contributed by atoms with E-state index in [0.29, 0.717) is 6.42 Å². The fraction of sp³-hybridized carbons (Fsp3) is 0.786. The molecular formula is C14H24O4. The van der Waals surface area contributed by atoms with Gasteiger partial charge in [0, 0.05) is 19.3 Å². The lowest BCUT2D eigenvalue weighted by Gasteiger charge is -2.19. The van der Waals surface area contributed by atoms with Crippen LogP contribution in [0.1, 0.15) is 59.8 Å². The van der Waals surface area contributed by atoms with E-state index in [0.717, 1.165) is 12.8 Å². The molecule has 0 fully saturated rings. The Balaban J connectivity index is 4.07. The summed E-state index contributed by atoms with van der Waals surface area (Å²) in [6, 6.07) is 0. The Morgan fingerprint density at radius 2 is 1.67 bits per heavy atom. The van der Waals surface area contributed by atoms with E-state index in [1.54, 1.807) is 13.8 Å². The van der Waals surface area contributed by atoms with Gasteiger partial charge in [0.2, 0.25) is 0 Å². The number of ketones is 2. The first-order valence-corrected chi connectivity index (χ1v) is 6.60. The average Bonchev–Trinajstić information content (AvgIpc) is 2.32. The number of unbranched alkanes of at least 4 members (excludes halogenated alkanes) is 1. The second kappa shape index (κ2) is 8.84. The van der Waals surface area contributed by atoms with Crippen molar-refractivity contribution in [2.45, 2.75) is 65.9 Å². The molecule has 2 unspecified atom stereocenters. The summed E-state index contributed by atoms with van der Waals surface area (Å²) in [7, 11) is 0. The van der Waals surface area contributed by atoms with E-state index in [4.69, 9.17) is 4.74 Å². The number of hydrogen-bond donors (Lipinski definition) is 0. The quantitative estimate of drug-likeness (QED) is 0.595. The number of hydrogen-bond acceptors (Lipinski definition) is 4. The molecule has 0 heterocycles. The standard InChI is InChI=1S/C14H24O4/c1-5-6-7-14(17)18-12(4)11(3)13(16)9-8-10(2)15/h11-12H,5-9H2,1-4H3. The highest BCUT2D eigenvalue weighted by Gasteiger charge is 2.23. The normalized spacial score (nSPS) is 13.8. The van der Waals surface area contributed by atoms with Crippen molar-refractivity contribution in [3.05, 3.63) is 0 Å². The maximum absolute atomic E-state index is 11.7. The molecule has 4 heteroatoms. The fourth-order valence-corrected chi connectivity index (χ4v) is 1.48. The topological polar surface area (TPSA) is 60.4 Å². The van der Waals surface area contributed by atoms with Crippen LogP contribution >= 0.6 is 0 Å². The van der Waals surface area contributed by atoms with E-state index in [9.17, 15) is 14.4 Å². The molecule has 0 radical (unpaired) electrons. The number of ether oxygens (including phenoxy) is 1. The predicted octanol–water partition coefficient (Wildman–Crippen LogP) is 2.68. The maximum Gasteiger partial charge on any atom is 0.306 e. The molecule has 0 saturated carbocycles. The molecule has 0 bridgehead atoms. The van der Waals surface area contributed by atoms with Crippen LogP contribution in [0.3, 0.4) is 0 Å². The molecule has 0 spiro atoms. The van der Waals surface area contributed by atoms with Crippen LogP contribution in [0.25, 0.3) is 0 Å². The number of carbonyl (C=O) groups excluding carboxylic acids is 3. The van der Waals surface area contributed by atoms with E-state index < -0.39 is 6.10 Å². The number of rotatable bonds is 9. The molecule has 2 atom stereocenters. The molecule has 0 aromatic heterocycles. The van der Waals surface area contributed by atoms with Crippen LogP contribution in [0.2, 0.25) is 0 Å². The van der Waals surface area contributed by atoms with Crippen molar-refractivity contribution < 1.29 is 19.1 Å². The van der Waals surface area contributed by atoms with E-state index in [1.807, 2.05) is 6.92 Å².